The number of carbonyl (C=O) groups is 1. The van der Waals surface area contributed by atoms with Crippen molar-refractivity contribution in [3.63, 3.8) is 0 Å². The first kappa shape index (κ1) is 17.3. The molecular formula is C19H13N3O3S2. The van der Waals surface area contributed by atoms with E-state index in [0.717, 1.165) is 10.4 Å². The molecular weight excluding hydrogens is 382 g/mol. The van der Waals surface area contributed by atoms with Gasteiger partial charge in [-0.2, -0.15) is 9.50 Å². The van der Waals surface area contributed by atoms with E-state index < -0.39 is 5.97 Å². The lowest BCUT2D eigenvalue weighted by Gasteiger charge is -2.01. The number of rotatable bonds is 4. The molecule has 0 aliphatic heterocycles. The predicted octanol–water partition coefficient (Wildman–Crippen LogP) is 2.86. The van der Waals surface area contributed by atoms with Gasteiger partial charge in [-0.15, -0.1) is 16.4 Å². The van der Waals surface area contributed by atoms with Gasteiger partial charge in [-0.3, -0.25) is 9.59 Å². The number of thiazole rings is 1. The van der Waals surface area contributed by atoms with Crippen molar-refractivity contribution in [1.82, 2.24) is 14.6 Å². The van der Waals surface area contributed by atoms with Gasteiger partial charge in [0.1, 0.15) is 5.75 Å². The molecule has 0 spiro atoms. The molecule has 0 aliphatic rings. The number of aromatic nitrogens is 3. The summed E-state index contributed by atoms with van der Waals surface area (Å²) in [5.74, 6) is 0.540. The molecule has 134 valence electrons. The molecule has 0 fully saturated rings. The van der Waals surface area contributed by atoms with Gasteiger partial charge in [0.25, 0.3) is 5.56 Å². The zero-order valence-corrected chi connectivity index (χ0v) is 15.8. The van der Waals surface area contributed by atoms with Crippen LogP contribution < -0.4 is 14.8 Å². The van der Waals surface area contributed by atoms with Crippen LogP contribution in [0, 0.1) is 0 Å². The minimum Gasteiger partial charge on any atom is -0.427 e. The van der Waals surface area contributed by atoms with Crippen LogP contribution in [0.15, 0.2) is 46.6 Å². The maximum Gasteiger partial charge on any atom is 0.308 e. The normalized spacial score (nSPS) is 12.3. The fourth-order valence-electron chi connectivity index (χ4n) is 2.45. The van der Waals surface area contributed by atoms with Crippen molar-refractivity contribution in [3.8, 4) is 5.75 Å². The van der Waals surface area contributed by atoms with Gasteiger partial charge in [-0.05, 0) is 47.4 Å². The Kier molecular flexibility index (Phi) is 4.66. The number of ether oxygens (including phenoxy) is 1. The number of carbonyl (C=O) groups excluding carboxylic acids is 1. The summed E-state index contributed by atoms with van der Waals surface area (Å²) in [6.07, 6.45) is 5.44. The van der Waals surface area contributed by atoms with Crippen LogP contribution in [0.3, 0.4) is 0 Å². The van der Waals surface area contributed by atoms with E-state index in [2.05, 4.69) is 10.1 Å². The van der Waals surface area contributed by atoms with E-state index in [1.54, 1.807) is 41.7 Å². The average Bonchev–Trinajstić information content (AvgIpc) is 3.33. The van der Waals surface area contributed by atoms with Crippen LogP contribution in [0.1, 0.15) is 23.2 Å². The third kappa shape index (κ3) is 3.86. The lowest BCUT2D eigenvalue weighted by Crippen LogP contribution is -2.23. The zero-order valence-electron chi connectivity index (χ0n) is 14.2. The van der Waals surface area contributed by atoms with Gasteiger partial charge in [-0.25, -0.2) is 0 Å². The predicted molar refractivity (Wildman–Crippen MR) is 107 cm³/mol. The number of benzene rings is 1. The van der Waals surface area contributed by atoms with Crippen molar-refractivity contribution in [2.45, 2.75) is 6.92 Å². The SMILES string of the molecule is CC(=O)Oc1cccc(C=c2sc3nc(C=Cc4cccs4)nn3c2=O)c1. The molecule has 3 heterocycles. The molecule has 3 aromatic heterocycles. The van der Waals surface area contributed by atoms with Crippen molar-refractivity contribution in [1.29, 1.82) is 0 Å². The van der Waals surface area contributed by atoms with Gasteiger partial charge in [0.15, 0.2) is 5.82 Å². The minimum absolute atomic E-state index is 0.226. The molecule has 0 amide bonds. The molecule has 4 rings (SSSR count). The first-order valence-electron chi connectivity index (χ1n) is 8.00. The van der Waals surface area contributed by atoms with Gasteiger partial charge < -0.3 is 4.74 Å². The summed E-state index contributed by atoms with van der Waals surface area (Å²) in [6.45, 7) is 1.34. The maximum absolute atomic E-state index is 12.6. The van der Waals surface area contributed by atoms with Crippen LogP contribution in [0.2, 0.25) is 0 Å². The van der Waals surface area contributed by atoms with Crippen LogP contribution in [0.25, 0.3) is 23.2 Å². The van der Waals surface area contributed by atoms with Gasteiger partial charge in [0, 0.05) is 11.8 Å². The standard InChI is InChI=1S/C19H13N3O3S2/c1-12(23)25-14-5-2-4-13(10-14)11-16-18(24)22-19(27-16)20-17(21-22)8-7-15-6-3-9-26-15/h2-11H,1H3. The summed E-state index contributed by atoms with van der Waals surface area (Å²) in [5.41, 5.74) is 0.532. The Hall–Kier alpha value is -3.10. The first-order valence-corrected chi connectivity index (χ1v) is 9.69. The number of fused-ring (bicyclic) bond motifs is 1. The molecule has 4 aromatic rings. The van der Waals surface area contributed by atoms with Crippen molar-refractivity contribution in [2.24, 2.45) is 0 Å². The Morgan fingerprint density at radius 3 is 2.85 bits per heavy atom. The highest BCUT2D eigenvalue weighted by atomic mass is 32.1. The Morgan fingerprint density at radius 1 is 1.22 bits per heavy atom. The molecule has 0 atom stereocenters. The molecule has 0 bridgehead atoms. The number of thiophene rings is 1. The molecule has 6 nitrogen and oxygen atoms in total. The van der Waals surface area contributed by atoms with Gasteiger partial charge in [-0.1, -0.05) is 29.5 Å². The first-order chi connectivity index (χ1) is 13.1. The average molecular weight is 395 g/mol. The van der Waals surface area contributed by atoms with Crippen molar-refractivity contribution >= 4 is 51.8 Å². The van der Waals surface area contributed by atoms with Crippen LogP contribution in [-0.2, 0) is 4.79 Å². The monoisotopic (exact) mass is 395 g/mol. The van der Waals surface area contributed by atoms with E-state index >= 15 is 0 Å². The third-order valence-corrected chi connectivity index (χ3v) is 5.35. The van der Waals surface area contributed by atoms with Crippen molar-refractivity contribution in [3.05, 3.63) is 72.9 Å². The fraction of sp³-hybridized carbons (Fsp3) is 0.0526. The highest BCUT2D eigenvalue weighted by molar-refractivity contribution is 7.15. The summed E-state index contributed by atoms with van der Waals surface area (Å²) < 4.78 is 6.89. The zero-order chi connectivity index (χ0) is 18.8. The van der Waals surface area contributed by atoms with Crippen LogP contribution >= 0.6 is 22.7 Å². The quantitative estimate of drug-likeness (QED) is 0.392. The van der Waals surface area contributed by atoms with Gasteiger partial charge in [0.05, 0.1) is 4.53 Å². The van der Waals surface area contributed by atoms with Gasteiger partial charge >= 0.3 is 5.97 Å². The van der Waals surface area contributed by atoms with Crippen LogP contribution in [0.4, 0.5) is 0 Å². The molecule has 0 radical (unpaired) electrons. The highest BCUT2D eigenvalue weighted by Gasteiger charge is 2.09. The van der Waals surface area contributed by atoms with E-state index in [-0.39, 0.29) is 5.56 Å². The lowest BCUT2D eigenvalue weighted by atomic mass is 10.2. The van der Waals surface area contributed by atoms with Crippen LogP contribution in [-0.4, -0.2) is 20.6 Å². The molecule has 1 aromatic carbocycles. The van der Waals surface area contributed by atoms with E-state index in [1.807, 2.05) is 29.7 Å². The lowest BCUT2D eigenvalue weighted by molar-refractivity contribution is -0.131. The number of nitrogens with zero attached hydrogens (tertiary/aromatic N) is 3. The molecule has 0 N–H and O–H groups in total. The van der Waals surface area contributed by atoms with E-state index in [1.165, 1.54) is 22.8 Å². The Labute approximate surface area is 161 Å². The Bertz CT molecular complexity index is 1250. The number of hydrogen-bond donors (Lipinski definition) is 0. The second kappa shape index (κ2) is 7.26. The fourth-order valence-corrected chi connectivity index (χ4v) is 3.98. The van der Waals surface area contributed by atoms with E-state index in [4.69, 9.17) is 4.74 Å². The summed E-state index contributed by atoms with van der Waals surface area (Å²) >= 11 is 2.88. The summed E-state index contributed by atoms with van der Waals surface area (Å²) in [7, 11) is 0. The molecule has 0 aliphatic carbocycles. The van der Waals surface area contributed by atoms with E-state index in [0.29, 0.717) is 21.1 Å². The summed E-state index contributed by atoms with van der Waals surface area (Å²) in [4.78, 5) is 29.7. The third-order valence-electron chi connectivity index (χ3n) is 3.56. The molecule has 0 saturated carbocycles. The summed E-state index contributed by atoms with van der Waals surface area (Å²) in [6, 6.07) is 10.9. The largest absolute Gasteiger partial charge is 0.427 e. The van der Waals surface area contributed by atoms with Crippen molar-refractivity contribution in [2.75, 3.05) is 0 Å². The Balaban J connectivity index is 1.66. The Morgan fingerprint density at radius 2 is 2.11 bits per heavy atom. The molecule has 8 heteroatoms. The van der Waals surface area contributed by atoms with Crippen LogP contribution in [0.5, 0.6) is 5.75 Å². The highest BCUT2D eigenvalue weighted by Crippen LogP contribution is 2.15. The number of hydrogen-bond acceptors (Lipinski definition) is 7. The second-order valence-electron chi connectivity index (χ2n) is 5.60. The second-order valence-corrected chi connectivity index (χ2v) is 7.58. The summed E-state index contributed by atoms with van der Waals surface area (Å²) in [5, 5.41) is 6.26. The molecule has 27 heavy (non-hydrogen) atoms. The smallest absolute Gasteiger partial charge is 0.308 e. The van der Waals surface area contributed by atoms with E-state index in [9.17, 15) is 9.59 Å². The van der Waals surface area contributed by atoms with Crippen molar-refractivity contribution < 1.29 is 9.53 Å². The number of esters is 1. The topological polar surface area (TPSA) is 73.6 Å². The molecule has 0 unspecified atom stereocenters. The maximum atomic E-state index is 12.6. The minimum atomic E-state index is -0.390. The van der Waals surface area contributed by atoms with Gasteiger partial charge in [0.2, 0.25) is 4.96 Å². The molecule has 0 saturated heterocycles.